The number of para-hydroxylation sites is 1. The van der Waals surface area contributed by atoms with E-state index >= 15 is 0 Å². The first-order chi connectivity index (χ1) is 7.66. The highest BCUT2D eigenvalue weighted by Gasteiger charge is 2.08. The number of benzene rings is 1. The monoisotopic (exact) mass is 238 g/mol. The van der Waals surface area contributed by atoms with Crippen molar-refractivity contribution in [2.45, 2.75) is 6.92 Å². The first kappa shape index (κ1) is 12.9. The van der Waals surface area contributed by atoms with Crippen molar-refractivity contribution >= 4 is 22.9 Å². The molecule has 0 spiro atoms. The van der Waals surface area contributed by atoms with E-state index < -0.39 is 0 Å². The van der Waals surface area contributed by atoms with E-state index in [-0.39, 0.29) is 0 Å². The van der Waals surface area contributed by atoms with Crippen molar-refractivity contribution in [1.82, 2.24) is 0 Å². The molecule has 16 heavy (non-hydrogen) atoms. The Morgan fingerprint density at radius 1 is 1.44 bits per heavy atom. The van der Waals surface area contributed by atoms with Gasteiger partial charge in [-0.1, -0.05) is 24.4 Å². The van der Waals surface area contributed by atoms with Crippen LogP contribution in [0.15, 0.2) is 24.3 Å². The summed E-state index contributed by atoms with van der Waals surface area (Å²) >= 11 is 5.02. The molecule has 0 amide bonds. The predicted octanol–water partition coefficient (Wildman–Crippen LogP) is 1.79. The van der Waals surface area contributed by atoms with E-state index in [1.54, 1.807) is 0 Å². The molecular weight excluding hydrogens is 220 g/mol. The molecule has 0 unspecified atom stereocenters. The van der Waals surface area contributed by atoms with Crippen molar-refractivity contribution in [3.8, 4) is 0 Å². The summed E-state index contributed by atoms with van der Waals surface area (Å²) in [4.78, 5) is 2.53. The third-order valence-corrected chi connectivity index (χ3v) is 2.58. The van der Waals surface area contributed by atoms with Crippen molar-refractivity contribution in [1.29, 1.82) is 0 Å². The molecule has 0 fully saturated rings. The molecule has 0 atom stereocenters. The topological polar surface area (TPSA) is 38.5 Å². The molecular formula is C12H18N2OS. The van der Waals surface area contributed by atoms with Crippen LogP contribution in [-0.2, 0) is 4.74 Å². The Balaban J connectivity index is 2.74. The van der Waals surface area contributed by atoms with E-state index in [4.69, 9.17) is 22.7 Å². The number of thiocarbonyl (C=S) groups is 1. The first-order valence-corrected chi connectivity index (χ1v) is 5.75. The van der Waals surface area contributed by atoms with Gasteiger partial charge in [0.05, 0.1) is 6.61 Å². The molecule has 1 rings (SSSR count). The Bertz CT molecular complexity index is 355. The molecule has 0 aliphatic rings. The molecule has 0 bridgehead atoms. The number of nitrogens with zero attached hydrogens (tertiary/aromatic N) is 1. The van der Waals surface area contributed by atoms with E-state index in [1.807, 2.05) is 38.2 Å². The zero-order valence-electron chi connectivity index (χ0n) is 9.77. The van der Waals surface area contributed by atoms with Gasteiger partial charge < -0.3 is 15.4 Å². The van der Waals surface area contributed by atoms with Crippen LogP contribution in [0.25, 0.3) is 0 Å². The molecule has 0 heterocycles. The number of hydrogen-bond donors (Lipinski definition) is 1. The maximum absolute atomic E-state index is 5.68. The second-order valence-corrected chi connectivity index (χ2v) is 3.94. The lowest BCUT2D eigenvalue weighted by Gasteiger charge is -2.21. The fraction of sp³-hybridized carbons (Fsp3) is 0.417. The van der Waals surface area contributed by atoms with E-state index in [2.05, 4.69) is 4.90 Å². The summed E-state index contributed by atoms with van der Waals surface area (Å²) in [6.07, 6.45) is 0. The Kier molecular flexibility index (Phi) is 5.22. The number of anilines is 1. The zero-order chi connectivity index (χ0) is 12.0. The summed E-state index contributed by atoms with van der Waals surface area (Å²) in [5, 5.41) is 0. The molecule has 1 aromatic rings. The highest BCUT2D eigenvalue weighted by atomic mass is 32.1. The molecule has 0 aliphatic heterocycles. The molecule has 0 saturated carbocycles. The number of rotatable bonds is 6. The molecule has 1 aromatic carbocycles. The molecule has 0 radical (unpaired) electrons. The molecule has 0 aliphatic carbocycles. The third-order valence-electron chi connectivity index (χ3n) is 2.36. The minimum absolute atomic E-state index is 0.429. The zero-order valence-corrected chi connectivity index (χ0v) is 10.6. The quantitative estimate of drug-likeness (QED) is 0.606. The summed E-state index contributed by atoms with van der Waals surface area (Å²) in [6, 6.07) is 7.87. The minimum Gasteiger partial charge on any atom is -0.389 e. The van der Waals surface area contributed by atoms with Gasteiger partial charge in [-0.25, -0.2) is 0 Å². The lowest BCUT2D eigenvalue weighted by molar-refractivity contribution is 0.154. The van der Waals surface area contributed by atoms with Gasteiger partial charge in [0.15, 0.2) is 0 Å². The van der Waals surface area contributed by atoms with E-state index in [0.29, 0.717) is 11.6 Å². The van der Waals surface area contributed by atoms with Gasteiger partial charge in [-0.3, -0.25) is 0 Å². The Labute approximate surface area is 102 Å². The van der Waals surface area contributed by atoms with Gasteiger partial charge in [-0.05, 0) is 19.1 Å². The van der Waals surface area contributed by atoms with Crippen LogP contribution in [0, 0.1) is 0 Å². The summed E-state index contributed by atoms with van der Waals surface area (Å²) in [7, 11) is 2.01. The van der Waals surface area contributed by atoms with Gasteiger partial charge in [-0.2, -0.15) is 0 Å². The lowest BCUT2D eigenvalue weighted by Crippen LogP contribution is -2.25. The lowest BCUT2D eigenvalue weighted by atomic mass is 10.1. The van der Waals surface area contributed by atoms with Crippen LogP contribution in [0.4, 0.5) is 5.69 Å². The van der Waals surface area contributed by atoms with Crippen LogP contribution in [0.3, 0.4) is 0 Å². The minimum atomic E-state index is 0.429. The summed E-state index contributed by atoms with van der Waals surface area (Å²) < 4.78 is 5.32. The molecule has 0 aromatic heterocycles. The van der Waals surface area contributed by atoms with Gasteiger partial charge in [0, 0.05) is 31.5 Å². The summed E-state index contributed by atoms with van der Waals surface area (Å²) in [5.41, 5.74) is 7.64. The van der Waals surface area contributed by atoms with Gasteiger partial charge in [0.25, 0.3) is 0 Å². The maximum atomic E-state index is 5.68. The Hall–Kier alpha value is -1.13. The molecule has 0 saturated heterocycles. The average molecular weight is 238 g/mol. The van der Waals surface area contributed by atoms with E-state index in [1.165, 1.54) is 0 Å². The highest BCUT2D eigenvalue weighted by Crippen LogP contribution is 2.18. The second-order valence-electron chi connectivity index (χ2n) is 3.50. The molecule has 2 N–H and O–H groups in total. The smallest absolute Gasteiger partial charge is 0.106 e. The van der Waals surface area contributed by atoms with Crippen LogP contribution in [-0.4, -0.2) is 31.8 Å². The number of nitrogens with two attached hydrogens (primary N) is 1. The Morgan fingerprint density at radius 3 is 2.75 bits per heavy atom. The van der Waals surface area contributed by atoms with Crippen LogP contribution in [0.2, 0.25) is 0 Å². The van der Waals surface area contributed by atoms with Gasteiger partial charge in [0.1, 0.15) is 4.99 Å². The fourth-order valence-corrected chi connectivity index (χ4v) is 1.65. The van der Waals surface area contributed by atoms with Crippen molar-refractivity contribution < 1.29 is 4.74 Å². The largest absolute Gasteiger partial charge is 0.389 e. The van der Waals surface area contributed by atoms with Gasteiger partial charge in [-0.15, -0.1) is 0 Å². The van der Waals surface area contributed by atoms with Crippen LogP contribution in [0.1, 0.15) is 12.5 Å². The molecule has 4 heteroatoms. The van der Waals surface area contributed by atoms with E-state index in [0.717, 1.165) is 24.4 Å². The maximum Gasteiger partial charge on any atom is 0.106 e. The normalized spacial score (nSPS) is 10.1. The number of likely N-dealkylation sites (N-methyl/N-ethyl adjacent to an activating group) is 1. The van der Waals surface area contributed by atoms with Crippen LogP contribution < -0.4 is 10.6 Å². The molecule has 88 valence electrons. The van der Waals surface area contributed by atoms with E-state index in [9.17, 15) is 0 Å². The number of hydrogen-bond acceptors (Lipinski definition) is 3. The fourth-order valence-electron chi connectivity index (χ4n) is 1.48. The third kappa shape index (κ3) is 3.47. The van der Waals surface area contributed by atoms with Crippen LogP contribution >= 0.6 is 12.2 Å². The summed E-state index contributed by atoms with van der Waals surface area (Å²) in [6.45, 7) is 4.26. The van der Waals surface area contributed by atoms with Crippen molar-refractivity contribution in [2.24, 2.45) is 5.73 Å². The standard InChI is InChI=1S/C12H18N2OS/c1-3-15-9-8-14(2)11-7-5-4-6-10(11)12(13)16/h4-7H,3,8-9H2,1-2H3,(H2,13,16). The van der Waals surface area contributed by atoms with Crippen molar-refractivity contribution in [3.63, 3.8) is 0 Å². The highest BCUT2D eigenvalue weighted by molar-refractivity contribution is 7.80. The predicted molar refractivity (Wildman–Crippen MR) is 72.1 cm³/mol. The second kappa shape index (κ2) is 6.45. The first-order valence-electron chi connectivity index (χ1n) is 5.34. The van der Waals surface area contributed by atoms with Gasteiger partial charge in [0.2, 0.25) is 0 Å². The summed E-state index contributed by atoms with van der Waals surface area (Å²) in [5.74, 6) is 0. The van der Waals surface area contributed by atoms with Crippen molar-refractivity contribution in [2.75, 3.05) is 31.7 Å². The average Bonchev–Trinajstić information content (AvgIpc) is 2.29. The molecule has 3 nitrogen and oxygen atoms in total. The van der Waals surface area contributed by atoms with Gasteiger partial charge >= 0.3 is 0 Å². The number of ether oxygens (including phenoxy) is 1. The SMILES string of the molecule is CCOCCN(C)c1ccccc1C(N)=S. The van der Waals surface area contributed by atoms with Crippen LogP contribution in [0.5, 0.6) is 0 Å². The Morgan fingerprint density at radius 2 is 2.12 bits per heavy atom. The van der Waals surface area contributed by atoms with Crippen molar-refractivity contribution in [3.05, 3.63) is 29.8 Å².